The Morgan fingerprint density at radius 3 is 1.34 bits per heavy atom. The number of aromatic nitrogens is 2. The van der Waals surface area contributed by atoms with Gasteiger partial charge in [-0.2, -0.15) is 0 Å². The molecule has 6 fully saturated rings. The zero-order valence-corrected chi connectivity index (χ0v) is 44.4. The SMILES string of the molecule is C.C=CC1CN2CCC1CC2[C@@H](O)c1ccnc2ccc(OC)cc12.C=CC1CN2CCC1CC2[C@@H](O)c1ccnc2ccc(OC)cc12.CCCCC(CC)(CO)C(=O)O.CCCC[C@](CC)(CO)C(=O)O.[B]. The van der Waals surface area contributed by atoms with Gasteiger partial charge in [0.25, 0.3) is 0 Å². The second-order valence-corrected chi connectivity index (χ2v) is 20.4. The van der Waals surface area contributed by atoms with Gasteiger partial charge in [0, 0.05) is 56.8 Å². The molecule has 4 aromatic rings. The largest absolute Gasteiger partial charge is 0.497 e. The summed E-state index contributed by atoms with van der Waals surface area (Å²) >= 11 is 0. The molecule has 2 aromatic carbocycles. The summed E-state index contributed by atoms with van der Waals surface area (Å²) in [6.07, 6.45) is 17.0. The Morgan fingerprint density at radius 2 is 1.07 bits per heavy atom. The van der Waals surface area contributed by atoms with E-state index >= 15 is 0 Å². The van der Waals surface area contributed by atoms with E-state index in [0.29, 0.717) is 49.4 Å². The number of hydrogen-bond donors (Lipinski definition) is 6. The molecule has 8 heterocycles. The molecule has 0 amide bonds. The van der Waals surface area contributed by atoms with Gasteiger partial charge in [-0.1, -0.05) is 73.0 Å². The van der Waals surface area contributed by atoms with Gasteiger partial charge >= 0.3 is 11.9 Å². The third-order valence-corrected chi connectivity index (χ3v) is 16.5. The minimum atomic E-state index is -0.893. The maximum absolute atomic E-state index is 11.2. The molecule has 3 radical (unpaired) electrons. The van der Waals surface area contributed by atoms with Crippen LogP contribution in [0.1, 0.15) is 136 Å². The number of nitrogens with zero attached hydrogens (tertiary/aromatic N) is 4. The maximum atomic E-state index is 11.2. The zero-order valence-electron chi connectivity index (χ0n) is 44.4. The average molecular weight is 1020 g/mol. The first kappa shape index (κ1) is 63.4. The van der Waals surface area contributed by atoms with Crippen molar-refractivity contribution in [3.8, 4) is 11.5 Å². The molecule has 407 valence electrons. The number of ether oxygens (including phenoxy) is 2. The highest BCUT2D eigenvalue weighted by Crippen LogP contribution is 2.44. The molecule has 9 unspecified atom stereocenters. The first-order valence-electron chi connectivity index (χ1n) is 26.3. The molecule has 6 aliphatic heterocycles. The Labute approximate surface area is 443 Å². The van der Waals surface area contributed by atoms with Crippen LogP contribution in [0.4, 0.5) is 0 Å². The summed E-state index contributed by atoms with van der Waals surface area (Å²) < 4.78 is 10.7. The minimum absolute atomic E-state index is 0. The number of benzene rings is 2. The van der Waals surface area contributed by atoms with Crippen LogP contribution in [0, 0.1) is 34.5 Å². The van der Waals surface area contributed by atoms with Crippen molar-refractivity contribution in [3.05, 3.63) is 97.4 Å². The molecule has 15 heteroatoms. The van der Waals surface area contributed by atoms with Crippen molar-refractivity contribution < 1.29 is 49.7 Å². The van der Waals surface area contributed by atoms with E-state index in [-0.39, 0.29) is 41.1 Å². The normalized spacial score (nSPS) is 24.7. The number of carboxylic acids is 2. The summed E-state index contributed by atoms with van der Waals surface area (Å²) in [6.45, 7) is 19.3. The molecule has 2 aromatic heterocycles. The second kappa shape index (κ2) is 30.0. The molecule has 4 bridgehead atoms. The van der Waals surface area contributed by atoms with Crippen molar-refractivity contribution >= 4 is 42.2 Å². The molecule has 6 saturated heterocycles. The van der Waals surface area contributed by atoms with Gasteiger partial charge in [0.2, 0.25) is 0 Å². The second-order valence-electron chi connectivity index (χ2n) is 20.4. The van der Waals surface area contributed by atoms with E-state index in [1.54, 1.807) is 40.5 Å². The number of methoxy groups -OCH3 is 2. The van der Waals surface area contributed by atoms with E-state index in [1.807, 2.05) is 62.4 Å². The lowest BCUT2D eigenvalue weighted by Crippen LogP contribution is -2.54. The van der Waals surface area contributed by atoms with Crippen molar-refractivity contribution in [2.75, 3.05) is 53.6 Å². The van der Waals surface area contributed by atoms with Gasteiger partial charge in [0.1, 0.15) is 11.5 Å². The van der Waals surface area contributed by atoms with Crippen LogP contribution in [0.5, 0.6) is 11.5 Å². The van der Waals surface area contributed by atoms with E-state index in [9.17, 15) is 19.8 Å². The van der Waals surface area contributed by atoms with Crippen molar-refractivity contribution in [2.24, 2.45) is 34.5 Å². The smallest absolute Gasteiger partial charge is 0.311 e. The van der Waals surface area contributed by atoms with E-state index in [1.165, 1.54) is 12.8 Å². The molecule has 74 heavy (non-hydrogen) atoms. The van der Waals surface area contributed by atoms with Crippen molar-refractivity contribution in [2.45, 2.75) is 136 Å². The fourth-order valence-corrected chi connectivity index (χ4v) is 11.3. The topological polar surface area (TPSA) is 206 Å². The summed E-state index contributed by atoms with van der Waals surface area (Å²) in [4.78, 5) is 35.4. The number of aliphatic hydroxyl groups excluding tert-OH is 4. The van der Waals surface area contributed by atoms with Crippen molar-refractivity contribution in [3.63, 3.8) is 0 Å². The molecule has 0 spiro atoms. The summed E-state index contributed by atoms with van der Waals surface area (Å²) in [5.74, 6) is 2.27. The van der Waals surface area contributed by atoms with Crippen LogP contribution in [0.2, 0.25) is 0 Å². The molecule has 12 atom stereocenters. The molecule has 14 nitrogen and oxygen atoms in total. The number of carboxylic acid groups (broad SMARTS) is 2. The van der Waals surface area contributed by atoms with E-state index in [2.05, 4.69) is 45.1 Å². The standard InChI is InChI=1S/2C20H24N2O2.2C9H18O3.CH4.B/c2*1-3-13-12-22-9-7-14(13)10-19(22)20(23)16-6-8-21-18-5-4-15(24-2)11-17(16)18;2*1-3-5-6-9(4-2,7-10)8(11)12;;/h2*3-6,8,11,13-14,19-20,23H,1,7,9-10,12H2,2H3;2*10H,3-7H2,1-2H3,(H,11,12);1H4;/t2*13?,14?,19?,20-;9-;;;/m001.../s1. The van der Waals surface area contributed by atoms with Crippen LogP contribution in [0.15, 0.2) is 86.2 Å². The van der Waals surface area contributed by atoms with Crippen molar-refractivity contribution in [1.82, 2.24) is 19.8 Å². The third-order valence-electron chi connectivity index (χ3n) is 16.5. The van der Waals surface area contributed by atoms with Gasteiger partial charge < -0.3 is 40.1 Å². The number of fused-ring (bicyclic) bond motifs is 8. The van der Waals surface area contributed by atoms with Gasteiger partial charge in [-0.25, -0.2) is 0 Å². The highest BCUT2D eigenvalue weighted by atomic mass is 16.5. The first-order valence-corrected chi connectivity index (χ1v) is 26.3. The molecule has 6 N–H and O–H groups in total. The summed E-state index contributed by atoms with van der Waals surface area (Å²) in [5.41, 5.74) is 1.91. The molecule has 0 aliphatic carbocycles. The monoisotopic (exact) mass is 1020 g/mol. The van der Waals surface area contributed by atoms with Crippen LogP contribution < -0.4 is 9.47 Å². The lowest BCUT2D eigenvalue weighted by molar-refractivity contribution is -0.153. The number of rotatable bonds is 20. The van der Waals surface area contributed by atoms with Crippen molar-refractivity contribution in [1.29, 1.82) is 0 Å². The van der Waals surface area contributed by atoms with Gasteiger partial charge in [-0.15, -0.1) is 13.2 Å². The predicted octanol–water partition coefficient (Wildman–Crippen LogP) is 9.90. The van der Waals surface area contributed by atoms with Gasteiger partial charge in [0.15, 0.2) is 0 Å². The summed E-state index contributed by atoms with van der Waals surface area (Å²) in [5, 5.41) is 60.0. The van der Waals surface area contributed by atoms with Crippen LogP contribution in [0.3, 0.4) is 0 Å². The van der Waals surface area contributed by atoms with Crippen LogP contribution in [0.25, 0.3) is 21.8 Å². The van der Waals surface area contributed by atoms with E-state index < -0.39 is 35.0 Å². The number of unbranched alkanes of at least 4 members (excludes halogenated alkanes) is 2. The Kier molecular flexibility index (Phi) is 25.7. The number of hydrogen-bond acceptors (Lipinski definition) is 12. The zero-order chi connectivity index (χ0) is 52.6. The number of pyridine rings is 2. The maximum Gasteiger partial charge on any atom is 0.311 e. The quantitative estimate of drug-likeness (QED) is 0.0360. The van der Waals surface area contributed by atoms with E-state index in [4.69, 9.17) is 29.9 Å². The minimum Gasteiger partial charge on any atom is -0.497 e. The lowest BCUT2D eigenvalue weighted by Gasteiger charge is -2.50. The van der Waals surface area contributed by atoms with Gasteiger partial charge in [0.05, 0.1) is 61.5 Å². The predicted molar refractivity (Wildman–Crippen MR) is 296 cm³/mol. The number of piperidine rings is 6. The number of carbonyl (C=O) groups is 2. The average Bonchev–Trinajstić information content (AvgIpc) is 3.43. The summed E-state index contributed by atoms with van der Waals surface area (Å²) in [6, 6.07) is 15.9. The molecule has 0 saturated carbocycles. The molecule has 10 rings (SSSR count). The molecular weight excluding hydrogens is 935 g/mol. The fraction of sp³-hybridized carbons (Fsp3) is 0.593. The number of aliphatic carboxylic acids is 2. The third kappa shape index (κ3) is 14.7. The highest BCUT2D eigenvalue weighted by molar-refractivity contribution is 5.85. The van der Waals surface area contributed by atoms with E-state index in [0.717, 1.165) is 109 Å². The Bertz CT molecular complexity index is 2210. The number of aliphatic hydroxyl groups is 4. The van der Waals surface area contributed by atoms with Gasteiger partial charge in [-0.05, 0) is 148 Å². The summed E-state index contributed by atoms with van der Waals surface area (Å²) in [7, 11) is 3.32. The van der Waals surface area contributed by atoms with Crippen LogP contribution in [-0.2, 0) is 9.59 Å². The van der Waals surface area contributed by atoms with Gasteiger partial charge in [-0.3, -0.25) is 29.4 Å². The fourth-order valence-electron chi connectivity index (χ4n) is 11.3. The molecular formula is C59H88BN4O10. The van der Waals surface area contributed by atoms with Crippen LogP contribution >= 0.6 is 0 Å². The Balaban J connectivity index is 0.000000273. The first-order chi connectivity index (χ1) is 34.7. The highest BCUT2D eigenvalue weighted by Gasteiger charge is 2.44. The Hall–Kier alpha value is -4.90. The molecule has 6 aliphatic rings. The van der Waals surface area contributed by atoms with Crippen LogP contribution in [-0.4, -0.2) is 136 Å². The Morgan fingerprint density at radius 1 is 0.689 bits per heavy atom. The lowest BCUT2D eigenvalue weighted by atomic mass is 9.73.